The highest BCUT2D eigenvalue weighted by molar-refractivity contribution is 8.34. The summed E-state index contributed by atoms with van der Waals surface area (Å²) in [5, 5.41) is 5.92. The molecular formula is C72H33B15N2OS. The molecule has 3 heterocycles. The molecule has 15 rings (SSSR count). The van der Waals surface area contributed by atoms with Crippen LogP contribution in [0.3, 0.4) is 0 Å². The molecule has 0 aliphatic rings. The standard InChI is InChI=1S/C72H33B15N2OS/c73-55-53(56(74)60(78)63(81)59(55)77)45-32-37(91(35-15-3-1-4-16-35,36-17-5-2-6-18-36)72-68(86)66(84)65(83)67(85)69(72)87)33-46(54-57(75)61(79)64(82)62(80)58(54)76)71(45)89-48-26-11-8-20-39(48)44-31-34(29-30-49(44)89)88-47-25-10-7-19-38(47)41-23-13-24-42(70(41)88)40-22-14-28-51-52(40)43-21-9-12-27-50(43)90-51/h1-33H. The van der Waals surface area contributed by atoms with Crippen molar-refractivity contribution in [2.24, 2.45) is 0 Å². The van der Waals surface area contributed by atoms with E-state index in [0.717, 1.165) is 92.2 Å². The normalized spacial score (nSPS) is 12.1. The Hall–Kier alpha value is -8.64. The van der Waals surface area contributed by atoms with Crippen molar-refractivity contribution < 1.29 is 4.42 Å². The van der Waals surface area contributed by atoms with E-state index < -0.39 is 10.0 Å². The van der Waals surface area contributed by atoms with Gasteiger partial charge in [-0.05, 0) is 100 Å². The highest BCUT2D eigenvalue weighted by atomic mass is 32.3. The van der Waals surface area contributed by atoms with Gasteiger partial charge in [0.2, 0.25) is 0 Å². The number of nitrogens with zero attached hydrogens (tertiary/aromatic N) is 2. The number of hydrogen-bond donors (Lipinski definition) is 0. The van der Waals surface area contributed by atoms with E-state index in [4.69, 9.17) is 122 Å². The Labute approximate surface area is 549 Å². The van der Waals surface area contributed by atoms with Gasteiger partial charge in [-0.2, -0.15) is 0 Å². The molecule has 3 aromatic heterocycles. The Morgan fingerprint density at radius 2 is 0.681 bits per heavy atom. The lowest BCUT2D eigenvalue weighted by Crippen LogP contribution is -2.56. The molecule has 19 heteroatoms. The second-order valence-electron chi connectivity index (χ2n) is 22.8. The van der Waals surface area contributed by atoms with Crippen LogP contribution in [0.5, 0.6) is 0 Å². The number of aromatic nitrogens is 2. The molecule has 0 bridgehead atoms. The van der Waals surface area contributed by atoms with E-state index in [0.29, 0.717) is 26.6 Å². The SMILES string of the molecule is [B]c1c([B])c([B])c(-c2cc(S(c3ccccc3)(c3ccccc3)c3c([B])c([B])c([B])c([B])c3[B])cc(-c3c([B])c([B])c([B])c([B])c3[B])c2-n2c3ccccc3c3cc(-n4c5ccccc5c5cccc(-c6cccc7oc8ccccc8c67)c54)ccc32)c([B])c1[B]. The molecule has 12 aromatic carbocycles. The molecule has 0 atom stereocenters. The summed E-state index contributed by atoms with van der Waals surface area (Å²) in [6.07, 6.45) is 0. The molecule has 388 valence electrons. The van der Waals surface area contributed by atoms with Gasteiger partial charge >= 0.3 is 0 Å². The van der Waals surface area contributed by atoms with Crippen LogP contribution in [-0.4, -0.2) is 127 Å². The summed E-state index contributed by atoms with van der Waals surface area (Å²) in [5.74, 6) is 0. The van der Waals surface area contributed by atoms with Gasteiger partial charge in [-0.3, -0.25) is 0 Å². The van der Waals surface area contributed by atoms with Gasteiger partial charge in [0.25, 0.3) is 0 Å². The minimum atomic E-state index is -3.10. The summed E-state index contributed by atoms with van der Waals surface area (Å²) in [5.41, 5.74) is 10.0. The van der Waals surface area contributed by atoms with Gasteiger partial charge in [-0.1, -0.05) is 154 Å². The molecule has 0 saturated carbocycles. The van der Waals surface area contributed by atoms with E-state index in [-0.39, 0.29) is 93.1 Å². The van der Waals surface area contributed by atoms with Crippen molar-refractivity contribution in [3.05, 3.63) is 200 Å². The first-order valence-corrected chi connectivity index (χ1v) is 30.7. The molecule has 0 aliphatic heterocycles. The average Bonchev–Trinajstić information content (AvgIpc) is 1.20. The van der Waals surface area contributed by atoms with Gasteiger partial charge in [0.15, 0.2) is 0 Å². The van der Waals surface area contributed by atoms with Crippen molar-refractivity contribution in [1.29, 1.82) is 0 Å². The van der Waals surface area contributed by atoms with Crippen LogP contribution in [0.4, 0.5) is 0 Å². The van der Waals surface area contributed by atoms with Crippen molar-refractivity contribution in [2.75, 3.05) is 0 Å². The highest BCUT2D eigenvalue weighted by Crippen LogP contribution is 2.73. The van der Waals surface area contributed by atoms with Gasteiger partial charge in [-0.25, -0.2) is 0 Å². The second kappa shape index (κ2) is 22.1. The Morgan fingerprint density at radius 1 is 0.275 bits per heavy atom. The molecule has 0 N–H and O–H groups in total. The first kappa shape index (κ1) is 58.7. The number of para-hydroxylation sites is 4. The van der Waals surface area contributed by atoms with Gasteiger partial charge in [0.05, 0.1) is 27.8 Å². The largest absolute Gasteiger partial charge is 0.456 e. The fourth-order valence-corrected chi connectivity index (χ4v) is 17.8. The topological polar surface area (TPSA) is 23.0 Å². The predicted molar refractivity (Wildman–Crippen MR) is 400 cm³/mol. The fourth-order valence-electron chi connectivity index (χ4n) is 13.7. The quantitative estimate of drug-likeness (QED) is 0.204. The van der Waals surface area contributed by atoms with E-state index >= 15 is 0 Å². The van der Waals surface area contributed by atoms with E-state index in [1.54, 1.807) is 0 Å². The summed E-state index contributed by atoms with van der Waals surface area (Å²) < 4.78 is 10.9. The number of hydrogen-bond acceptors (Lipinski definition) is 1. The Balaban J connectivity index is 1.13. The van der Waals surface area contributed by atoms with Crippen LogP contribution in [0.25, 0.3) is 110 Å². The third-order valence-corrected chi connectivity index (χ3v) is 22.0. The predicted octanol–water partition coefficient (Wildman–Crippen LogP) is 2.03. The summed E-state index contributed by atoms with van der Waals surface area (Å²) in [7, 11) is 103. The number of fused-ring (bicyclic) bond motifs is 9. The molecular weight excluding hydrogens is 1100 g/mol. The molecule has 15 aromatic rings. The Bertz CT molecular complexity index is 5410. The summed E-state index contributed by atoms with van der Waals surface area (Å²) in [6.45, 7) is 0. The highest BCUT2D eigenvalue weighted by Gasteiger charge is 2.39. The van der Waals surface area contributed by atoms with Crippen LogP contribution < -0.4 is 81.9 Å². The van der Waals surface area contributed by atoms with Gasteiger partial charge in [0.1, 0.15) is 129 Å². The maximum absolute atomic E-state index is 7.37. The van der Waals surface area contributed by atoms with Gasteiger partial charge in [0, 0.05) is 69.4 Å². The van der Waals surface area contributed by atoms with Gasteiger partial charge in [-0.15, -0.1) is 59.2 Å². The summed E-state index contributed by atoms with van der Waals surface area (Å²) in [4.78, 5) is 2.44. The third kappa shape index (κ3) is 8.51. The molecule has 30 radical (unpaired) electrons. The number of furan rings is 1. The molecule has 0 fully saturated rings. The Kier molecular flexibility index (Phi) is 14.2. The maximum atomic E-state index is 7.37. The van der Waals surface area contributed by atoms with E-state index in [1.165, 1.54) is 0 Å². The lowest BCUT2D eigenvalue weighted by molar-refractivity contribution is 0.669. The molecule has 0 aliphatic carbocycles. The molecule has 91 heavy (non-hydrogen) atoms. The summed E-state index contributed by atoms with van der Waals surface area (Å²) in [6, 6.07) is 67.3. The zero-order valence-corrected chi connectivity index (χ0v) is 49.7. The minimum absolute atomic E-state index is 0.00132. The zero-order valence-electron chi connectivity index (χ0n) is 48.9. The molecule has 0 spiro atoms. The van der Waals surface area contributed by atoms with Gasteiger partial charge < -0.3 is 13.6 Å². The van der Waals surface area contributed by atoms with Crippen LogP contribution >= 0.6 is 10.0 Å². The summed E-state index contributed by atoms with van der Waals surface area (Å²) >= 11 is 0. The lowest BCUT2D eigenvalue weighted by Gasteiger charge is -2.46. The zero-order chi connectivity index (χ0) is 63.2. The monoisotopic (exact) mass is 1140 g/mol. The maximum Gasteiger partial charge on any atom is 0.136 e. The van der Waals surface area contributed by atoms with Crippen molar-refractivity contribution in [3.8, 4) is 44.8 Å². The van der Waals surface area contributed by atoms with Crippen molar-refractivity contribution in [3.63, 3.8) is 0 Å². The molecule has 0 amide bonds. The van der Waals surface area contributed by atoms with E-state index in [9.17, 15) is 0 Å². The molecule has 0 unspecified atom stereocenters. The number of benzene rings is 12. The van der Waals surface area contributed by atoms with Crippen LogP contribution in [0.2, 0.25) is 0 Å². The average molecular weight is 1140 g/mol. The van der Waals surface area contributed by atoms with Crippen molar-refractivity contribution >= 4 is 275 Å². The first-order chi connectivity index (χ1) is 43.9. The second-order valence-corrected chi connectivity index (χ2v) is 25.8. The van der Waals surface area contributed by atoms with Crippen LogP contribution in [0.1, 0.15) is 0 Å². The molecule has 3 nitrogen and oxygen atoms in total. The van der Waals surface area contributed by atoms with E-state index in [2.05, 4.69) is 88.0 Å². The van der Waals surface area contributed by atoms with Crippen LogP contribution in [0, 0.1) is 0 Å². The van der Waals surface area contributed by atoms with Crippen molar-refractivity contribution in [2.45, 2.75) is 19.6 Å². The lowest BCUT2D eigenvalue weighted by atomic mass is 9.58. The van der Waals surface area contributed by atoms with Crippen LogP contribution in [0.15, 0.2) is 224 Å². The first-order valence-electron chi connectivity index (χ1n) is 29.1. The smallest absolute Gasteiger partial charge is 0.136 e. The van der Waals surface area contributed by atoms with Crippen LogP contribution in [-0.2, 0) is 0 Å². The number of rotatable bonds is 9. The molecule has 0 saturated heterocycles. The minimum Gasteiger partial charge on any atom is -0.456 e. The van der Waals surface area contributed by atoms with E-state index in [1.807, 2.05) is 121 Å². The third-order valence-electron chi connectivity index (χ3n) is 18.0. The fraction of sp³-hybridized carbons (Fsp3) is 0. The van der Waals surface area contributed by atoms with Crippen molar-refractivity contribution in [1.82, 2.24) is 9.13 Å². The Morgan fingerprint density at radius 3 is 1.23 bits per heavy atom.